The Labute approximate surface area is 128 Å². The van der Waals surface area contributed by atoms with E-state index in [2.05, 4.69) is 21.4 Å². The number of nitrogens with one attached hydrogen (secondary N) is 1. The number of rotatable bonds is 5. The van der Waals surface area contributed by atoms with Crippen LogP contribution in [0.25, 0.3) is 0 Å². The Balaban J connectivity index is 2.21. The Morgan fingerprint density at radius 2 is 2.14 bits per heavy atom. The highest BCUT2D eigenvalue weighted by Gasteiger charge is 2.16. The predicted molar refractivity (Wildman–Crippen MR) is 79.3 cm³/mol. The fourth-order valence-corrected chi connectivity index (χ4v) is 2.11. The average Bonchev–Trinajstić information content (AvgIpc) is 2.47. The molecule has 2 aromatic carbocycles. The molecule has 110 valence electrons. The minimum Gasteiger partial charge on any atom is -0.489 e. The Bertz CT molecular complexity index is 682. The number of hydrogen-bond donors (Lipinski definition) is 2. The SMILES string of the molecule is NNc1c(COc2ccc(F)c(Br)c2)cccc1[N+](=O)[O-]. The molecular formula is C13H11BrFN3O3. The first kappa shape index (κ1) is 15.2. The van der Waals surface area contributed by atoms with Crippen molar-refractivity contribution >= 4 is 27.3 Å². The molecule has 0 aromatic heterocycles. The molecule has 0 saturated carbocycles. The first-order chi connectivity index (χ1) is 10.0. The molecule has 3 N–H and O–H groups in total. The van der Waals surface area contributed by atoms with Crippen molar-refractivity contribution in [3.8, 4) is 5.75 Å². The predicted octanol–water partition coefficient (Wildman–Crippen LogP) is 3.36. The molecule has 21 heavy (non-hydrogen) atoms. The fourth-order valence-electron chi connectivity index (χ4n) is 1.75. The van der Waals surface area contributed by atoms with Crippen molar-refractivity contribution < 1.29 is 14.1 Å². The van der Waals surface area contributed by atoms with Crippen LogP contribution in [0, 0.1) is 15.9 Å². The maximum absolute atomic E-state index is 13.1. The number of nitrogen functional groups attached to an aromatic ring is 1. The molecule has 6 nitrogen and oxygen atoms in total. The maximum Gasteiger partial charge on any atom is 0.294 e. The van der Waals surface area contributed by atoms with Crippen LogP contribution in [-0.2, 0) is 6.61 Å². The fraction of sp³-hybridized carbons (Fsp3) is 0.0769. The van der Waals surface area contributed by atoms with E-state index in [1.54, 1.807) is 6.07 Å². The van der Waals surface area contributed by atoms with Gasteiger partial charge in [0.05, 0.1) is 9.40 Å². The van der Waals surface area contributed by atoms with Crippen LogP contribution in [0.2, 0.25) is 0 Å². The molecule has 0 atom stereocenters. The van der Waals surface area contributed by atoms with E-state index in [0.717, 1.165) is 0 Å². The van der Waals surface area contributed by atoms with E-state index in [4.69, 9.17) is 10.6 Å². The van der Waals surface area contributed by atoms with Crippen molar-refractivity contribution in [3.63, 3.8) is 0 Å². The number of nitrogens with two attached hydrogens (primary N) is 1. The Kier molecular flexibility index (Phi) is 4.71. The molecule has 0 aliphatic carbocycles. The number of benzene rings is 2. The van der Waals surface area contributed by atoms with Crippen LogP contribution in [0.5, 0.6) is 5.75 Å². The highest BCUT2D eigenvalue weighted by Crippen LogP contribution is 2.29. The van der Waals surface area contributed by atoms with Gasteiger partial charge in [0.2, 0.25) is 0 Å². The van der Waals surface area contributed by atoms with Crippen molar-refractivity contribution in [3.05, 3.63) is 62.4 Å². The van der Waals surface area contributed by atoms with Gasteiger partial charge in [-0.25, -0.2) is 4.39 Å². The van der Waals surface area contributed by atoms with Crippen LogP contribution < -0.4 is 16.0 Å². The lowest BCUT2D eigenvalue weighted by atomic mass is 10.1. The standard InChI is InChI=1S/C13H11BrFN3O3/c14-10-6-9(4-5-11(10)15)21-7-8-2-1-3-12(18(19)20)13(8)17-16/h1-6,17H,7,16H2. The quantitative estimate of drug-likeness (QED) is 0.487. The van der Waals surface area contributed by atoms with Gasteiger partial charge in [-0.3, -0.25) is 16.0 Å². The number of ether oxygens (including phenoxy) is 1. The lowest BCUT2D eigenvalue weighted by Gasteiger charge is -2.11. The first-order valence-electron chi connectivity index (χ1n) is 5.83. The van der Waals surface area contributed by atoms with Gasteiger partial charge in [0, 0.05) is 11.6 Å². The molecular weight excluding hydrogens is 345 g/mol. The third-order valence-electron chi connectivity index (χ3n) is 2.76. The summed E-state index contributed by atoms with van der Waals surface area (Å²) in [5.74, 6) is 5.36. The minimum atomic E-state index is -0.535. The average molecular weight is 356 g/mol. The van der Waals surface area contributed by atoms with Gasteiger partial charge in [0.15, 0.2) is 0 Å². The van der Waals surface area contributed by atoms with Gasteiger partial charge in [0.25, 0.3) is 5.69 Å². The van der Waals surface area contributed by atoms with Crippen molar-refractivity contribution in [1.29, 1.82) is 0 Å². The lowest BCUT2D eigenvalue weighted by Crippen LogP contribution is -2.12. The van der Waals surface area contributed by atoms with Crippen LogP contribution in [0.3, 0.4) is 0 Å². The van der Waals surface area contributed by atoms with Gasteiger partial charge in [0.1, 0.15) is 23.9 Å². The van der Waals surface area contributed by atoms with E-state index in [-0.39, 0.29) is 22.5 Å². The number of hydrazine groups is 1. The summed E-state index contributed by atoms with van der Waals surface area (Å²) in [6, 6.07) is 8.73. The zero-order chi connectivity index (χ0) is 15.4. The number of anilines is 1. The molecule has 0 bridgehead atoms. The van der Waals surface area contributed by atoms with Crippen molar-refractivity contribution in [2.24, 2.45) is 5.84 Å². The Morgan fingerprint density at radius 3 is 2.76 bits per heavy atom. The smallest absolute Gasteiger partial charge is 0.294 e. The van der Waals surface area contributed by atoms with Gasteiger partial charge >= 0.3 is 0 Å². The molecule has 0 radical (unpaired) electrons. The van der Waals surface area contributed by atoms with E-state index in [9.17, 15) is 14.5 Å². The normalized spacial score (nSPS) is 10.2. The Morgan fingerprint density at radius 1 is 1.38 bits per heavy atom. The number of nitro benzene ring substituents is 1. The summed E-state index contributed by atoms with van der Waals surface area (Å²) in [5.41, 5.74) is 2.88. The summed E-state index contributed by atoms with van der Waals surface area (Å²) < 4.78 is 18.9. The second-order valence-electron chi connectivity index (χ2n) is 4.08. The van der Waals surface area contributed by atoms with Crippen molar-refractivity contribution in [1.82, 2.24) is 0 Å². The lowest BCUT2D eigenvalue weighted by molar-refractivity contribution is -0.384. The summed E-state index contributed by atoms with van der Waals surface area (Å²) in [6.45, 7) is 0.0548. The summed E-state index contributed by atoms with van der Waals surface area (Å²) in [7, 11) is 0. The zero-order valence-corrected chi connectivity index (χ0v) is 12.3. The topological polar surface area (TPSA) is 90.4 Å². The van der Waals surface area contributed by atoms with E-state index >= 15 is 0 Å². The van der Waals surface area contributed by atoms with Crippen LogP contribution in [0.4, 0.5) is 15.8 Å². The van der Waals surface area contributed by atoms with Gasteiger partial charge in [-0.1, -0.05) is 12.1 Å². The molecule has 0 amide bonds. The second-order valence-corrected chi connectivity index (χ2v) is 4.93. The molecule has 8 heteroatoms. The highest BCUT2D eigenvalue weighted by atomic mass is 79.9. The molecule has 0 heterocycles. The van der Waals surface area contributed by atoms with Crippen molar-refractivity contribution in [2.45, 2.75) is 6.61 Å². The highest BCUT2D eigenvalue weighted by molar-refractivity contribution is 9.10. The second kappa shape index (κ2) is 6.51. The molecule has 0 unspecified atom stereocenters. The van der Waals surface area contributed by atoms with Gasteiger partial charge in [-0.05, 0) is 34.1 Å². The molecule has 0 aliphatic heterocycles. The molecule has 0 saturated heterocycles. The number of halogens is 2. The largest absolute Gasteiger partial charge is 0.489 e. The molecule has 0 spiro atoms. The summed E-state index contributed by atoms with van der Waals surface area (Å²) in [6.07, 6.45) is 0. The molecule has 2 aromatic rings. The number of para-hydroxylation sites is 1. The zero-order valence-electron chi connectivity index (χ0n) is 10.7. The van der Waals surface area contributed by atoms with Gasteiger partial charge < -0.3 is 10.2 Å². The molecule has 0 aliphatic rings. The van der Waals surface area contributed by atoms with E-state index < -0.39 is 10.7 Å². The molecule has 2 rings (SSSR count). The Hall–Kier alpha value is -2.19. The summed E-state index contributed by atoms with van der Waals surface area (Å²) in [5, 5.41) is 10.9. The minimum absolute atomic E-state index is 0.0548. The van der Waals surface area contributed by atoms with E-state index in [0.29, 0.717) is 11.3 Å². The van der Waals surface area contributed by atoms with Crippen LogP contribution in [-0.4, -0.2) is 4.92 Å². The van der Waals surface area contributed by atoms with Crippen molar-refractivity contribution in [2.75, 3.05) is 5.43 Å². The van der Waals surface area contributed by atoms with E-state index in [1.807, 2.05) is 0 Å². The van der Waals surface area contributed by atoms with Crippen LogP contribution in [0.15, 0.2) is 40.9 Å². The summed E-state index contributed by atoms with van der Waals surface area (Å²) >= 11 is 3.05. The maximum atomic E-state index is 13.1. The number of nitrogens with zero attached hydrogens (tertiary/aromatic N) is 1. The van der Waals surface area contributed by atoms with Gasteiger partial charge in [-0.2, -0.15) is 0 Å². The molecule has 0 fully saturated rings. The number of nitro groups is 1. The third-order valence-corrected chi connectivity index (χ3v) is 3.36. The summed E-state index contributed by atoms with van der Waals surface area (Å²) in [4.78, 5) is 10.4. The van der Waals surface area contributed by atoms with Gasteiger partial charge in [-0.15, -0.1) is 0 Å². The van der Waals surface area contributed by atoms with Crippen LogP contribution in [0.1, 0.15) is 5.56 Å². The third kappa shape index (κ3) is 3.47. The number of hydrogen-bond acceptors (Lipinski definition) is 5. The first-order valence-corrected chi connectivity index (χ1v) is 6.63. The monoisotopic (exact) mass is 355 g/mol. The van der Waals surface area contributed by atoms with E-state index in [1.165, 1.54) is 30.3 Å². The van der Waals surface area contributed by atoms with Crippen LogP contribution >= 0.6 is 15.9 Å².